The largest absolute Gasteiger partial charge is 0.309 e. The summed E-state index contributed by atoms with van der Waals surface area (Å²) >= 11 is 7.78. The lowest BCUT2D eigenvalue weighted by atomic mass is 10.2. The highest BCUT2D eigenvalue weighted by atomic mass is 35.5. The van der Waals surface area contributed by atoms with Crippen LogP contribution in [0.1, 0.15) is 30.9 Å². The summed E-state index contributed by atoms with van der Waals surface area (Å²) in [5.41, 5.74) is 3.01. The lowest BCUT2D eigenvalue weighted by molar-refractivity contribution is 0.529. The molecule has 2 heterocycles. The van der Waals surface area contributed by atoms with Gasteiger partial charge in [0.1, 0.15) is 11.3 Å². The minimum Gasteiger partial charge on any atom is -0.309 e. The number of pyridine rings is 1. The first-order valence-electron chi connectivity index (χ1n) is 6.60. The molecule has 0 radical (unpaired) electrons. The van der Waals surface area contributed by atoms with Crippen LogP contribution < -0.4 is 0 Å². The van der Waals surface area contributed by atoms with Crippen molar-refractivity contribution in [1.82, 2.24) is 14.5 Å². The molecular formula is C14H20ClN3S. The topological polar surface area (TPSA) is 30.7 Å². The molecule has 0 spiro atoms. The van der Waals surface area contributed by atoms with Gasteiger partial charge in [0.2, 0.25) is 0 Å². The number of hydrogen-bond donors (Lipinski definition) is 0. The molecular weight excluding hydrogens is 278 g/mol. The van der Waals surface area contributed by atoms with E-state index in [1.807, 2.05) is 24.8 Å². The second kappa shape index (κ2) is 6.62. The van der Waals surface area contributed by atoms with Gasteiger partial charge in [0.05, 0.1) is 0 Å². The van der Waals surface area contributed by atoms with Crippen LogP contribution in [0.3, 0.4) is 0 Å². The van der Waals surface area contributed by atoms with Gasteiger partial charge in [-0.25, -0.2) is 9.97 Å². The molecule has 0 N–H and O–H groups in total. The van der Waals surface area contributed by atoms with Crippen molar-refractivity contribution in [2.24, 2.45) is 0 Å². The molecule has 0 aliphatic rings. The zero-order chi connectivity index (χ0) is 13.8. The van der Waals surface area contributed by atoms with Crippen LogP contribution in [0.25, 0.3) is 11.2 Å². The van der Waals surface area contributed by atoms with Crippen LogP contribution in [0.5, 0.6) is 0 Å². The highest BCUT2D eigenvalue weighted by Gasteiger charge is 2.18. The third kappa shape index (κ3) is 3.06. The smallest absolute Gasteiger partial charge is 0.160 e. The molecule has 1 atom stereocenters. The number of aromatic nitrogens is 3. The molecule has 104 valence electrons. The maximum absolute atomic E-state index is 5.91. The third-order valence-electron chi connectivity index (χ3n) is 3.26. The third-order valence-corrected chi connectivity index (χ3v) is 4.17. The SMILES string of the molecule is CCC(CSC)n1c(CCCl)nc2ccc(C)nc21. The standard InChI is InChI=1S/C14H20ClN3S/c1-4-11(9-19-3)18-13(7-8-15)17-12-6-5-10(2)16-14(12)18/h5-6,11H,4,7-9H2,1-3H3. The average molecular weight is 298 g/mol. The van der Waals surface area contributed by atoms with Crippen molar-refractivity contribution in [3.63, 3.8) is 0 Å². The monoisotopic (exact) mass is 297 g/mol. The van der Waals surface area contributed by atoms with Crippen molar-refractivity contribution in [2.45, 2.75) is 32.7 Å². The van der Waals surface area contributed by atoms with Gasteiger partial charge in [-0.1, -0.05) is 6.92 Å². The fraction of sp³-hybridized carbons (Fsp3) is 0.571. The summed E-state index contributed by atoms with van der Waals surface area (Å²) in [5, 5.41) is 0. The van der Waals surface area contributed by atoms with Crippen molar-refractivity contribution in [3.05, 3.63) is 23.7 Å². The Hall–Kier alpha value is -0.740. The van der Waals surface area contributed by atoms with Gasteiger partial charge in [0.25, 0.3) is 0 Å². The fourth-order valence-corrected chi connectivity index (χ4v) is 3.27. The number of alkyl halides is 1. The van der Waals surface area contributed by atoms with Crippen LogP contribution in [0.2, 0.25) is 0 Å². The molecule has 0 saturated carbocycles. The molecule has 0 fully saturated rings. The maximum Gasteiger partial charge on any atom is 0.160 e. The van der Waals surface area contributed by atoms with Crippen LogP contribution in [0, 0.1) is 6.92 Å². The number of aryl methyl sites for hydroxylation is 2. The van der Waals surface area contributed by atoms with Crippen LogP contribution in [-0.2, 0) is 6.42 Å². The zero-order valence-corrected chi connectivity index (χ0v) is 13.3. The number of nitrogens with zero attached hydrogens (tertiary/aromatic N) is 3. The Morgan fingerprint density at radius 3 is 2.79 bits per heavy atom. The van der Waals surface area contributed by atoms with E-state index in [0.717, 1.165) is 41.3 Å². The second-order valence-corrected chi connectivity index (χ2v) is 5.94. The Bertz CT molecular complexity index is 553. The quantitative estimate of drug-likeness (QED) is 0.759. The Kier molecular flexibility index (Phi) is 5.11. The molecule has 0 amide bonds. The predicted octanol–water partition coefficient (Wildman–Crippen LogP) is 3.84. The Morgan fingerprint density at radius 2 is 2.16 bits per heavy atom. The van der Waals surface area contributed by atoms with Crippen molar-refractivity contribution in [2.75, 3.05) is 17.9 Å². The van der Waals surface area contributed by atoms with Gasteiger partial charge < -0.3 is 4.57 Å². The predicted molar refractivity (Wildman–Crippen MR) is 84.4 cm³/mol. The number of halogens is 1. The maximum atomic E-state index is 5.91. The minimum absolute atomic E-state index is 0.438. The Labute approximate surface area is 123 Å². The molecule has 2 aromatic heterocycles. The number of hydrogen-bond acceptors (Lipinski definition) is 3. The fourth-order valence-electron chi connectivity index (χ4n) is 2.33. The highest BCUT2D eigenvalue weighted by molar-refractivity contribution is 7.98. The van der Waals surface area contributed by atoms with E-state index in [0.29, 0.717) is 11.9 Å². The van der Waals surface area contributed by atoms with E-state index in [1.165, 1.54) is 0 Å². The molecule has 2 aromatic rings. The highest BCUT2D eigenvalue weighted by Crippen LogP contribution is 2.25. The molecule has 0 aromatic carbocycles. The van der Waals surface area contributed by atoms with Gasteiger partial charge >= 0.3 is 0 Å². The summed E-state index contributed by atoms with van der Waals surface area (Å²) in [6.45, 7) is 4.24. The molecule has 0 bridgehead atoms. The molecule has 1 unspecified atom stereocenters. The number of imidazole rings is 1. The first-order valence-corrected chi connectivity index (χ1v) is 8.53. The molecule has 2 rings (SSSR count). The van der Waals surface area contributed by atoms with E-state index in [2.05, 4.69) is 28.8 Å². The van der Waals surface area contributed by atoms with E-state index in [-0.39, 0.29) is 0 Å². The van der Waals surface area contributed by atoms with Gasteiger partial charge in [-0.05, 0) is 31.7 Å². The first-order chi connectivity index (χ1) is 9.21. The van der Waals surface area contributed by atoms with E-state index < -0.39 is 0 Å². The lowest BCUT2D eigenvalue weighted by Crippen LogP contribution is -2.15. The zero-order valence-electron chi connectivity index (χ0n) is 11.7. The molecule has 19 heavy (non-hydrogen) atoms. The number of fused-ring (bicyclic) bond motifs is 1. The van der Waals surface area contributed by atoms with Crippen LogP contribution in [-0.4, -0.2) is 32.4 Å². The van der Waals surface area contributed by atoms with Gasteiger partial charge in [0.15, 0.2) is 5.65 Å². The first kappa shape index (κ1) is 14.7. The summed E-state index contributed by atoms with van der Waals surface area (Å²) in [6, 6.07) is 4.50. The van der Waals surface area contributed by atoms with E-state index in [9.17, 15) is 0 Å². The average Bonchev–Trinajstić information content (AvgIpc) is 2.74. The normalized spacial score (nSPS) is 13.1. The number of rotatable bonds is 6. The summed E-state index contributed by atoms with van der Waals surface area (Å²) in [5.74, 6) is 2.73. The molecule has 0 aliphatic heterocycles. The van der Waals surface area contributed by atoms with Gasteiger partial charge in [-0.2, -0.15) is 11.8 Å². The van der Waals surface area contributed by atoms with Crippen molar-refractivity contribution >= 4 is 34.5 Å². The van der Waals surface area contributed by atoms with E-state index in [1.54, 1.807) is 0 Å². The summed E-state index contributed by atoms with van der Waals surface area (Å²) in [4.78, 5) is 9.38. The van der Waals surface area contributed by atoms with E-state index >= 15 is 0 Å². The van der Waals surface area contributed by atoms with Gasteiger partial charge in [-0.3, -0.25) is 0 Å². The van der Waals surface area contributed by atoms with Crippen molar-refractivity contribution in [3.8, 4) is 0 Å². The van der Waals surface area contributed by atoms with Crippen LogP contribution >= 0.6 is 23.4 Å². The molecule has 0 saturated heterocycles. The van der Waals surface area contributed by atoms with Gasteiger partial charge in [-0.15, -0.1) is 11.6 Å². The number of thioether (sulfide) groups is 1. The molecule has 3 nitrogen and oxygen atoms in total. The summed E-state index contributed by atoms with van der Waals surface area (Å²) < 4.78 is 2.29. The molecule has 0 aliphatic carbocycles. The van der Waals surface area contributed by atoms with Crippen LogP contribution in [0.15, 0.2) is 12.1 Å². The van der Waals surface area contributed by atoms with Crippen LogP contribution in [0.4, 0.5) is 0 Å². The lowest BCUT2D eigenvalue weighted by Gasteiger charge is -2.18. The van der Waals surface area contributed by atoms with Crippen molar-refractivity contribution in [1.29, 1.82) is 0 Å². The summed E-state index contributed by atoms with van der Waals surface area (Å²) in [7, 11) is 0. The summed E-state index contributed by atoms with van der Waals surface area (Å²) in [6.07, 6.45) is 4.01. The Balaban J connectivity index is 2.58. The van der Waals surface area contributed by atoms with Crippen molar-refractivity contribution < 1.29 is 0 Å². The minimum atomic E-state index is 0.438. The van der Waals surface area contributed by atoms with Gasteiger partial charge in [0, 0.05) is 29.8 Å². The Morgan fingerprint density at radius 1 is 1.37 bits per heavy atom. The van der Waals surface area contributed by atoms with E-state index in [4.69, 9.17) is 16.6 Å². The molecule has 5 heteroatoms. The second-order valence-electron chi connectivity index (χ2n) is 4.65.